The summed E-state index contributed by atoms with van der Waals surface area (Å²) in [6, 6.07) is 0. The Morgan fingerprint density at radius 3 is 2.38 bits per heavy atom. The van der Waals surface area contributed by atoms with Crippen molar-refractivity contribution in [3.8, 4) is 0 Å². The molecule has 0 aromatic carbocycles. The minimum atomic E-state index is -0.420. The van der Waals surface area contributed by atoms with Crippen molar-refractivity contribution in [2.45, 2.75) is 90.1 Å². The Labute approximate surface area is 179 Å². The lowest BCUT2D eigenvalue weighted by Crippen LogP contribution is -2.56. The number of hydrogen-bond acceptors (Lipinski definition) is 3. The Hall–Kier alpha value is -0.120. The van der Waals surface area contributed by atoms with E-state index in [0.29, 0.717) is 5.41 Å². The van der Waals surface area contributed by atoms with Gasteiger partial charge in [-0.1, -0.05) is 26.7 Å². The van der Waals surface area contributed by atoms with E-state index in [1.54, 1.807) is 0 Å². The van der Waals surface area contributed by atoms with Gasteiger partial charge in [-0.3, -0.25) is 0 Å². The van der Waals surface area contributed by atoms with Crippen molar-refractivity contribution in [3.63, 3.8) is 0 Å². The van der Waals surface area contributed by atoms with Crippen molar-refractivity contribution in [1.29, 1.82) is 0 Å². The third kappa shape index (κ3) is 3.24. The summed E-state index contributed by atoms with van der Waals surface area (Å²) in [7, 11) is 2.23. The van der Waals surface area contributed by atoms with Crippen molar-refractivity contribution in [2.75, 3.05) is 39.8 Å². The minimum absolute atomic E-state index is 0.165. The maximum Gasteiger partial charge on any atom is 0.0716 e. The standard InChI is InChI=1S/C26H46N2O/c1-24-11-5-4-6-20(24)7-8-21-22(24)9-12-25(2)23(21)10-13-26(25,29)14-15-28-18-16-27(3)17-19-28/h20-23,29H,4-19H2,1-3H3/t20?,21-,22+,23+,24+,25+,26+/m1/s1. The van der Waals surface area contributed by atoms with Gasteiger partial charge in [-0.15, -0.1) is 0 Å². The van der Waals surface area contributed by atoms with Gasteiger partial charge in [0.2, 0.25) is 0 Å². The van der Waals surface area contributed by atoms with Gasteiger partial charge < -0.3 is 14.9 Å². The zero-order valence-corrected chi connectivity index (χ0v) is 19.5. The molecule has 5 aliphatic rings. The molecule has 0 aromatic rings. The second kappa shape index (κ2) is 7.48. The number of nitrogens with zero attached hydrogens (tertiary/aromatic N) is 2. The van der Waals surface area contributed by atoms with Crippen LogP contribution < -0.4 is 0 Å². The van der Waals surface area contributed by atoms with E-state index in [1.165, 1.54) is 84.0 Å². The van der Waals surface area contributed by atoms with Crippen LogP contribution in [0, 0.1) is 34.5 Å². The molecule has 166 valence electrons. The molecule has 1 saturated heterocycles. The van der Waals surface area contributed by atoms with Gasteiger partial charge in [-0.25, -0.2) is 0 Å². The lowest BCUT2D eigenvalue weighted by atomic mass is 9.44. The highest BCUT2D eigenvalue weighted by atomic mass is 16.3. The molecule has 29 heavy (non-hydrogen) atoms. The lowest BCUT2D eigenvalue weighted by Gasteiger charge is -2.61. The van der Waals surface area contributed by atoms with Crippen LogP contribution in [0.25, 0.3) is 0 Å². The SMILES string of the molecule is CN1CCN(CC[C@@]2(O)CC[C@H]3[C@@H]4CCC5CCCC[C@]5(C)[C@H]4CC[C@@]32C)CC1. The maximum atomic E-state index is 12.0. The Morgan fingerprint density at radius 1 is 0.828 bits per heavy atom. The van der Waals surface area contributed by atoms with Crippen LogP contribution in [0.5, 0.6) is 0 Å². The Bertz CT molecular complexity index is 602. The first-order chi connectivity index (χ1) is 13.9. The first-order valence-electron chi connectivity index (χ1n) is 13.0. The molecule has 1 aliphatic heterocycles. The van der Waals surface area contributed by atoms with Crippen molar-refractivity contribution >= 4 is 0 Å². The number of fused-ring (bicyclic) bond motifs is 5. The van der Waals surface area contributed by atoms with Gasteiger partial charge in [-0.05, 0) is 99.3 Å². The smallest absolute Gasteiger partial charge is 0.0716 e. The van der Waals surface area contributed by atoms with Crippen LogP contribution in [-0.4, -0.2) is 60.3 Å². The summed E-state index contributed by atoms with van der Waals surface area (Å²) in [5, 5.41) is 12.0. The largest absolute Gasteiger partial charge is 0.389 e. The molecule has 0 bridgehead atoms. The highest BCUT2D eigenvalue weighted by Gasteiger charge is 2.64. The zero-order chi connectivity index (χ0) is 20.3. The zero-order valence-electron chi connectivity index (χ0n) is 19.5. The van der Waals surface area contributed by atoms with Gasteiger partial charge in [0.05, 0.1) is 5.60 Å². The van der Waals surface area contributed by atoms with E-state index in [0.717, 1.165) is 43.1 Å². The van der Waals surface area contributed by atoms with Crippen LogP contribution in [-0.2, 0) is 0 Å². The molecule has 1 unspecified atom stereocenters. The predicted octanol–water partition coefficient (Wildman–Crippen LogP) is 4.79. The molecule has 0 aromatic heterocycles. The quantitative estimate of drug-likeness (QED) is 0.735. The fourth-order valence-electron chi connectivity index (χ4n) is 9.23. The molecular formula is C26H46N2O. The summed E-state index contributed by atoms with van der Waals surface area (Å²) < 4.78 is 0. The van der Waals surface area contributed by atoms with Crippen LogP contribution in [0.4, 0.5) is 0 Å². The van der Waals surface area contributed by atoms with Crippen LogP contribution in [0.1, 0.15) is 84.5 Å². The minimum Gasteiger partial charge on any atom is -0.389 e. The molecule has 1 N–H and O–H groups in total. The monoisotopic (exact) mass is 402 g/mol. The number of likely N-dealkylation sites (N-methyl/N-ethyl adjacent to an activating group) is 1. The third-order valence-corrected chi connectivity index (χ3v) is 11.3. The highest BCUT2D eigenvalue weighted by Crippen LogP contribution is 2.68. The molecule has 3 heteroatoms. The van der Waals surface area contributed by atoms with Gasteiger partial charge >= 0.3 is 0 Å². The lowest BCUT2D eigenvalue weighted by molar-refractivity contribution is -0.154. The van der Waals surface area contributed by atoms with Gasteiger partial charge in [-0.2, -0.15) is 0 Å². The molecule has 1 heterocycles. The van der Waals surface area contributed by atoms with E-state index >= 15 is 0 Å². The Balaban J connectivity index is 1.29. The van der Waals surface area contributed by atoms with Crippen LogP contribution in [0.3, 0.4) is 0 Å². The van der Waals surface area contributed by atoms with Gasteiger partial charge in [0.25, 0.3) is 0 Å². The molecule has 4 saturated carbocycles. The molecule has 0 radical (unpaired) electrons. The topological polar surface area (TPSA) is 26.7 Å². The average Bonchev–Trinajstić information content (AvgIpc) is 2.98. The molecule has 4 aliphatic carbocycles. The fraction of sp³-hybridized carbons (Fsp3) is 1.00. The summed E-state index contributed by atoms with van der Waals surface area (Å²) in [6.45, 7) is 11.0. The number of rotatable bonds is 3. The normalized spacial score (nSPS) is 51.3. The van der Waals surface area contributed by atoms with Crippen molar-refractivity contribution in [1.82, 2.24) is 9.80 Å². The van der Waals surface area contributed by atoms with Crippen LogP contribution in [0.2, 0.25) is 0 Å². The van der Waals surface area contributed by atoms with Gasteiger partial charge in [0, 0.05) is 32.7 Å². The first kappa shape index (κ1) is 20.8. The van der Waals surface area contributed by atoms with Crippen molar-refractivity contribution in [2.24, 2.45) is 34.5 Å². The summed E-state index contributed by atoms with van der Waals surface area (Å²) in [6.07, 6.45) is 14.9. The van der Waals surface area contributed by atoms with Gasteiger partial charge in [0.15, 0.2) is 0 Å². The molecule has 0 spiro atoms. The number of aliphatic hydroxyl groups is 1. The van der Waals surface area contributed by atoms with Crippen molar-refractivity contribution in [3.05, 3.63) is 0 Å². The van der Waals surface area contributed by atoms with Gasteiger partial charge in [0.1, 0.15) is 0 Å². The molecular weight excluding hydrogens is 356 g/mol. The van der Waals surface area contributed by atoms with Crippen molar-refractivity contribution < 1.29 is 5.11 Å². The summed E-state index contributed by atoms with van der Waals surface area (Å²) in [4.78, 5) is 5.04. The molecule has 5 fully saturated rings. The number of hydrogen-bond donors (Lipinski definition) is 1. The van der Waals surface area contributed by atoms with E-state index in [4.69, 9.17) is 0 Å². The predicted molar refractivity (Wildman–Crippen MR) is 120 cm³/mol. The highest BCUT2D eigenvalue weighted by molar-refractivity contribution is 5.13. The van der Waals surface area contributed by atoms with Crippen LogP contribution >= 0.6 is 0 Å². The maximum absolute atomic E-state index is 12.0. The molecule has 7 atom stereocenters. The summed E-state index contributed by atoms with van der Waals surface area (Å²) in [5.41, 5.74) is 0.359. The van der Waals surface area contributed by atoms with E-state index in [9.17, 15) is 5.11 Å². The Morgan fingerprint density at radius 2 is 1.59 bits per heavy atom. The fourth-order valence-corrected chi connectivity index (χ4v) is 9.23. The average molecular weight is 403 g/mol. The molecule has 0 amide bonds. The Kier molecular flexibility index (Phi) is 5.36. The summed E-state index contributed by atoms with van der Waals surface area (Å²) in [5.74, 6) is 3.61. The summed E-state index contributed by atoms with van der Waals surface area (Å²) >= 11 is 0. The first-order valence-corrected chi connectivity index (χ1v) is 13.0. The third-order valence-electron chi connectivity index (χ3n) is 11.3. The number of piperazine rings is 1. The van der Waals surface area contributed by atoms with E-state index in [2.05, 4.69) is 30.7 Å². The van der Waals surface area contributed by atoms with E-state index in [-0.39, 0.29) is 5.41 Å². The molecule has 3 nitrogen and oxygen atoms in total. The van der Waals surface area contributed by atoms with E-state index < -0.39 is 5.60 Å². The second-order valence-corrected chi connectivity index (χ2v) is 12.3. The molecule has 5 rings (SSSR count). The second-order valence-electron chi connectivity index (χ2n) is 12.3. The van der Waals surface area contributed by atoms with Crippen LogP contribution in [0.15, 0.2) is 0 Å². The van der Waals surface area contributed by atoms with E-state index in [1.807, 2.05) is 0 Å².